The summed E-state index contributed by atoms with van der Waals surface area (Å²) in [6.07, 6.45) is 7.34. The van der Waals surface area contributed by atoms with E-state index in [-0.39, 0.29) is 11.1 Å². The monoisotopic (exact) mass is 220 g/mol. The lowest BCUT2D eigenvalue weighted by molar-refractivity contribution is 0.346. The smallest absolute Gasteiger partial charge is 0.0965 e. The molecule has 0 radical (unpaired) electrons. The molecule has 1 rings (SSSR count). The van der Waals surface area contributed by atoms with Crippen molar-refractivity contribution in [2.45, 2.75) is 52.2 Å². The van der Waals surface area contributed by atoms with Gasteiger partial charge >= 0.3 is 0 Å². The van der Waals surface area contributed by atoms with Gasteiger partial charge in [-0.25, -0.2) is 4.68 Å². The van der Waals surface area contributed by atoms with Crippen molar-refractivity contribution in [1.29, 1.82) is 0 Å². The van der Waals surface area contributed by atoms with Crippen molar-refractivity contribution in [3.05, 3.63) is 11.9 Å². The van der Waals surface area contributed by atoms with Gasteiger partial charge in [0, 0.05) is 6.54 Å². The molecule has 0 atom stereocenters. The van der Waals surface area contributed by atoms with Gasteiger partial charge in [-0.05, 0) is 34.6 Å². The fraction of sp³-hybridized carbons (Fsp3) is 0.667. The van der Waals surface area contributed by atoms with Gasteiger partial charge in [-0.1, -0.05) is 11.1 Å². The predicted molar refractivity (Wildman–Crippen MR) is 64.8 cm³/mol. The number of hydrogen-bond donors (Lipinski definition) is 1. The highest BCUT2D eigenvalue weighted by atomic mass is 15.4. The number of nitrogens with zero attached hydrogens (tertiary/aromatic N) is 3. The second-order valence-corrected chi connectivity index (χ2v) is 5.45. The lowest BCUT2D eigenvalue weighted by Gasteiger charge is -2.19. The summed E-state index contributed by atoms with van der Waals surface area (Å²) in [5, 5.41) is 11.4. The van der Waals surface area contributed by atoms with Crippen LogP contribution in [0.2, 0.25) is 0 Å². The molecule has 0 bridgehead atoms. The van der Waals surface area contributed by atoms with Crippen LogP contribution >= 0.6 is 0 Å². The molecule has 1 aromatic heterocycles. The summed E-state index contributed by atoms with van der Waals surface area (Å²) in [5.41, 5.74) is 0.552. The topological polar surface area (TPSA) is 42.7 Å². The fourth-order valence-corrected chi connectivity index (χ4v) is 1.07. The standard InChI is InChI=1S/C12H20N4/c1-7-12(5,6)13-8-10-9-16(15-14-10)11(2,3)4/h1,9,13H,8H2,2-6H3. The van der Waals surface area contributed by atoms with Gasteiger partial charge in [0.05, 0.1) is 23.0 Å². The molecule has 0 unspecified atom stereocenters. The van der Waals surface area contributed by atoms with Gasteiger partial charge in [0.1, 0.15) is 0 Å². The number of terminal acetylenes is 1. The lowest BCUT2D eigenvalue weighted by Crippen LogP contribution is -2.37. The first kappa shape index (κ1) is 12.7. The zero-order chi connectivity index (χ0) is 12.4. The first-order chi connectivity index (χ1) is 7.24. The quantitative estimate of drug-likeness (QED) is 0.786. The highest BCUT2D eigenvalue weighted by molar-refractivity contribution is 5.08. The van der Waals surface area contributed by atoms with Crippen molar-refractivity contribution < 1.29 is 0 Å². The molecule has 0 saturated carbocycles. The Morgan fingerprint density at radius 1 is 1.38 bits per heavy atom. The van der Waals surface area contributed by atoms with Crippen LogP contribution in [-0.2, 0) is 12.1 Å². The molecule has 1 heterocycles. The summed E-state index contributed by atoms with van der Waals surface area (Å²) in [6.45, 7) is 10.8. The molecule has 0 aliphatic heterocycles. The predicted octanol–water partition coefficient (Wildman–Crippen LogP) is 1.53. The van der Waals surface area contributed by atoms with Crippen LogP contribution in [0.5, 0.6) is 0 Å². The minimum Gasteiger partial charge on any atom is -0.296 e. The summed E-state index contributed by atoms with van der Waals surface area (Å²) in [7, 11) is 0. The SMILES string of the molecule is C#CC(C)(C)NCc1cn(C(C)(C)C)nn1. The van der Waals surface area contributed by atoms with Crippen molar-refractivity contribution in [1.82, 2.24) is 20.3 Å². The zero-order valence-electron chi connectivity index (χ0n) is 10.7. The number of aromatic nitrogens is 3. The van der Waals surface area contributed by atoms with Crippen LogP contribution < -0.4 is 5.32 Å². The molecular weight excluding hydrogens is 200 g/mol. The van der Waals surface area contributed by atoms with Gasteiger partial charge in [0.25, 0.3) is 0 Å². The Labute approximate surface area is 97.4 Å². The summed E-state index contributed by atoms with van der Waals surface area (Å²) >= 11 is 0. The maximum absolute atomic E-state index is 5.39. The van der Waals surface area contributed by atoms with Gasteiger partial charge in [0.15, 0.2) is 0 Å². The molecule has 0 saturated heterocycles. The molecule has 0 aliphatic carbocycles. The zero-order valence-corrected chi connectivity index (χ0v) is 10.7. The Bertz CT molecular complexity index is 390. The Hall–Kier alpha value is -1.34. The summed E-state index contributed by atoms with van der Waals surface area (Å²) < 4.78 is 1.85. The molecule has 1 N–H and O–H groups in total. The summed E-state index contributed by atoms with van der Waals surface area (Å²) in [6, 6.07) is 0. The van der Waals surface area contributed by atoms with Crippen molar-refractivity contribution in [2.75, 3.05) is 0 Å². The third-order valence-corrected chi connectivity index (χ3v) is 2.30. The second-order valence-electron chi connectivity index (χ2n) is 5.45. The molecule has 88 valence electrons. The fourth-order valence-electron chi connectivity index (χ4n) is 1.07. The lowest BCUT2D eigenvalue weighted by atomic mass is 10.1. The first-order valence-corrected chi connectivity index (χ1v) is 5.39. The van der Waals surface area contributed by atoms with Crippen LogP contribution in [0.3, 0.4) is 0 Å². The van der Waals surface area contributed by atoms with E-state index < -0.39 is 0 Å². The van der Waals surface area contributed by atoms with Crippen LogP contribution in [0.1, 0.15) is 40.3 Å². The average molecular weight is 220 g/mol. The Kier molecular flexibility index (Phi) is 3.39. The van der Waals surface area contributed by atoms with Gasteiger partial charge in [-0.15, -0.1) is 11.5 Å². The summed E-state index contributed by atoms with van der Waals surface area (Å²) in [5.74, 6) is 2.68. The summed E-state index contributed by atoms with van der Waals surface area (Å²) in [4.78, 5) is 0. The molecule has 0 aromatic carbocycles. The van der Waals surface area contributed by atoms with E-state index in [4.69, 9.17) is 6.42 Å². The Morgan fingerprint density at radius 2 is 2.00 bits per heavy atom. The van der Waals surface area contributed by atoms with E-state index in [1.165, 1.54) is 0 Å². The largest absolute Gasteiger partial charge is 0.296 e. The van der Waals surface area contributed by atoms with Crippen molar-refractivity contribution in [3.8, 4) is 12.3 Å². The van der Waals surface area contributed by atoms with Gasteiger partial charge in [-0.3, -0.25) is 5.32 Å². The molecule has 0 aliphatic rings. The van der Waals surface area contributed by atoms with E-state index in [0.717, 1.165) is 5.69 Å². The second kappa shape index (κ2) is 4.26. The van der Waals surface area contributed by atoms with Gasteiger partial charge in [-0.2, -0.15) is 0 Å². The van der Waals surface area contributed by atoms with Crippen LogP contribution in [0.4, 0.5) is 0 Å². The molecule has 4 heteroatoms. The maximum Gasteiger partial charge on any atom is 0.0965 e. The van der Waals surface area contributed by atoms with E-state index in [9.17, 15) is 0 Å². The van der Waals surface area contributed by atoms with Crippen LogP contribution in [-0.4, -0.2) is 20.5 Å². The van der Waals surface area contributed by atoms with Crippen LogP contribution in [0, 0.1) is 12.3 Å². The molecule has 4 nitrogen and oxygen atoms in total. The minimum atomic E-state index is -0.314. The third kappa shape index (κ3) is 3.35. The van der Waals surface area contributed by atoms with Crippen molar-refractivity contribution in [3.63, 3.8) is 0 Å². The van der Waals surface area contributed by atoms with E-state index in [0.29, 0.717) is 6.54 Å². The van der Waals surface area contributed by atoms with Crippen molar-refractivity contribution in [2.24, 2.45) is 0 Å². The third-order valence-electron chi connectivity index (χ3n) is 2.30. The van der Waals surface area contributed by atoms with Crippen LogP contribution in [0.25, 0.3) is 0 Å². The number of rotatable bonds is 3. The number of nitrogens with one attached hydrogen (secondary N) is 1. The molecular formula is C12H20N4. The van der Waals surface area contributed by atoms with E-state index in [2.05, 4.69) is 42.3 Å². The maximum atomic E-state index is 5.39. The molecule has 0 fully saturated rings. The molecule has 16 heavy (non-hydrogen) atoms. The highest BCUT2D eigenvalue weighted by Gasteiger charge is 2.17. The molecule has 0 amide bonds. The van der Waals surface area contributed by atoms with Gasteiger partial charge < -0.3 is 0 Å². The van der Waals surface area contributed by atoms with E-state index >= 15 is 0 Å². The highest BCUT2D eigenvalue weighted by Crippen LogP contribution is 2.12. The first-order valence-electron chi connectivity index (χ1n) is 5.39. The van der Waals surface area contributed by atoms with E-state index in [1.807, 2.05) is 24.7 Å². The normalized spacial score (nSPS) is 12.5. The molecule has 0 spiro atoms. The molecule has 1 aromatic rings. The minimum absolute atomic E-state index is 0.0348. The average Bonchev–Trinajstić information content (AvgIpc) is 2.63. The van der Waals surface area contributed by atoms with E-state index in [1.54, 1.807) is 0 Å². The number of hydrogen-bond acceptors (Lipinski definition) is 3. The van der Waals surface area contributed by atoms with Crippen LogP contribution in [0.15, 0.2) is 6.20 Å². The van der Waals surface area contributed by atoms with Gasteiger partial charge in [0.2, 0.25) is 0 Å². The Morgan fingerprint density at radius 3 is 2.44 bits per heavy atom. The Balaban J connectivity index is 2.65. The van der Waals surface area contributed by atoms with Crippen molar-refractivity contribution >= 4 is 0 Å².